The van der Waals surface area contributed by atoms with Crippen LogP contribution in [-0.4, -0.2) is 48.2 Å². The maximum atomic E-state index is 14.1. The molecule has 2 unspecified atom stereocenters. The van der Waals surface area contributed by atoms with Crippen molar-refractivity contribution >= 4 is 17.5 Å². The molecule has 0 aliphatic carbocycles. The summed E-state index contributed by atoms with van der Waals surface area (Å²) in [7, 11) is 1.32. The third-order valence-corrected chi connectivity index (χ3v) is 3.79. The number of halogens is 1. The number of piperazine rings is 1. The van der Waals surface area contributed by atoms with Crippen molar-refractivity contribution in [3.05, 3.63) is 34.1 Å². The van der Waals surface area contributed by atoms with Gasteiger partial charge < -0.3 is 9.64 Å². The van der Waals surface area contributed by atoms with E-state index in [1.807, 2.05) is 13.8 Å². The standard InChI is InChI=1S/C14H18FN3O4/c1-9-7-16(8-10(2)17(9)14(19)22-3)13-5-4-11(18(20)21)6-12(13)15/h4-6,9-10H,7-8H2,1-3H3. The van der Waals surface area contributed by atoms with Gasteiger partial charge in [-0.1, -0.05) is 0 Å². The second-order valence-electron chi connectivity index (χ2n) is 5.37. The highest BCUT2D eigenvalue weighted by atomic mass is 19.1. The van der Waals surface area contributed by atoms with Crippen molar-refractivity contribution in [2.45, 2.75) is 25.9 Å². The fourth-order valence-electron chi connectivity index (χ4n) is 2.85. The summed E-state index contributed by atoms with van der Waals surface area (Å²) in [6.45, 7) is 4.55. The Labute approximate surface area is 127 Å². The Morgan fingerprint density at radius 2 is 1.95 bits per heavy atom. The van der Waals surface area contributed by atoms with E-state index in [1.54, 1.807) is 9.80 Å². The zero-order chi connectivity index (χ0) is 16.4. The van der Waals surface area contributed by atoms with E-state index in [4.69, 9.17) is 4.74 Å². The number of ether oxygens (including phenoxy) is 1. The highest BCUT2D eigenvalue weighted by molar-refractivity contribution is 5.69. The summed E-state index contributed by atoms with van der Waals surface area (Å²) >= 11 is 0. The van der Waals surface area contributed by atoms with Crippen molar-refractivity contribution < 1.29 is 18.8 Å². The van der Waals surface area contributed by atoms with E-state index in [2.05, 4.69) is 0 Å². The molecule has 0 radical (unpaired) electrons. The van der Waals surface area contributed by atoms with E-state index in [9.17, 15) is 19.3 Å². The number of nitrogens with zero attached hydrogens (tertiary/aromatic N) is 3. The first-order chi connectivity index (χ1) is 10.3. The van der Waals surface area contributed by atoms with E-state index in [1.165, 1.54) is 19.2 Å². The normalized spacial score (nSPS) is 21.6. The number of methoxy groups -OCH3 is 1. The number of nitro benzene ring substituents is 1. The van der Waals surface area contributed by atoms with E-state index >= 15 is 0 Å². The summed E-state index contributed by atoms with van der Waals surface area (Å²) in [6.07, 6.45) is -0.413. The maximum Gasteiger partial charge on any atom is 0.410 e. The van der Waals surface area contributed by atoms with Crippen LogP contribution in [0.15, 0.2) is 18.2 Å². The Hall–Kier alpha value is -2.38. The van der Waals surface area contributed by atoms with Crippen LogP contribution in [0.3, 0.4) is 0 Å². The Morgan fingerprint density at radius 3 is 2.41 bits per heavy atom. The topological polar surface area (TPSA) is 75.9 Å². The van der Waals surface area contributed by atoms with Crippen molar-refractivity contribution in [2.75, 3.05) is 25.1 Å². The first-order valence-electron chi connectivity index (χ1n) is 6.90. The van der Waals surface area contributed by atoms with Gasteiger partial charge in [0.1, 0.15) is 0 Å². The number of hydrogen-bond acceptors (Lipinski definition) is 5. The molecule has 7 nitrogen and oxygen atoms in total. The lowest BCUT2D eigenvalue weighted by Crippen LogP contribution is -2.58. The van der Waals surface area contributed by atoms with Crippen molar-refractivity contribution in [1.29, 1.82) is 0 Å². The van der Waals surface area contributed by atoms with E-state index < -0.39 is 16.8 Å². The van der Waals surface area contributed by atoms with E-state index in [-0.39, 0.29) is 17.8 Å². The van der Waals surface area contributed by atoms with Gasteiger partial charge in [-0.05, 0) is 19.9 Å². The molecule has 1 aromatic rings. The lowest BCUT2D eigenvalue weighted by atomic mass is 10.1. The summed E-state index contributed by atoms with van der Waals surface area (Å²) in [6, 6.07) is 3.27. The van der Waals surface area contributed by atoms with Gasteiger partial charge in [0.25, 0.3) is 5.69 Å². The molecule has 8 heteroatoms. The van der Waals surface area contributed by atoms with Gasteiger partial charge in [-0.3, -0.25) is 15.0 Å². The average Bonchev–Trinajstić information content (AvgIpc) is 2.45. The zero-order valence-electron chi connectivity index (χ0n) is 12.7. The number of carbonyl (C=O) groups excluding carboxylic acids is 1. The molecule has 120 valence electrons. The molecular weight excluding hydrogens is 293 g/mol. The summed E-state index contributed by atoms with van der Waals surface area (Å²) in [4.78, 5) is 25.2. The van der Waals surface area contributed by atoms with Gasteiger partial charge in [-0.15, -0.1) is 0 Å². The van der Waals surface area contributed by atoms with E-state index in [0.29, 0.717) is 18.8 Å². The zero-order valence-corrected chi connectivity index (χ0v) is 12.7. The molecule has 1 fully saturated rings. The molecule has 2 atom stereocenters. The summed E-state index contributed by atoms with van der Waals surface area (Å²) in [5.74, 6) is -0.639. The second kappa shape index (κ2) is 6.17. The van der Waals surface area contributed by atoms with Crippen LogP contribution in [0.5, 0.6) is 0 Å². The number of rotatable bonds is 2. The number of nitro groups is 1. The van der Waals surface area contributed by atoms with Crippen LogP contribution in [-0.2, 0) is 4.74 Å². The first kappa shape index (κ1) is 16.0. The third kappa shape index (κ3) is 2.95. The molecule has 0 spiro atoms. The largest absolute Gasteiger partial charge is 0.453 e. The molecule has 1 aromatic carbocycles. The van der Waals surface area contributed by atoms with Crippen molar-refractivity contribution in [1.82, 2.24) is 4.90 Å². The van der Waals surface area contributed by atoms with Gasteiger partial charge in [0, 0.05) is 19.2 Å². The van der Waals surface area contributed by atoms with Gasteiger partial charge in [0.05, 0.1) is 35.9 Å². The maximum absolute atomic E-state index is 14.1. The highest BCUT2D eigenvalue weighted by Crippen LogP contribution is 2.28. The summed E-state index contributed by atoms with van der Waals surface area (Å²) in [5, 5.41) is 10.7. The molecule has 1 aliphatic heterocycles. The summed E-state index contributed by atoms with van der Waals surface area (Å²) in [5.41, 5.74) is 0.0179. The number of hydrogen-bond donors (Lipinski definition) is 0. The second-order valence-corrected chi connectivity index (χ2v) is 5.37. The smallest absolute Gasteiger partial charge is 0.410 e. The Bertz CT molecular complexity index is 583. The van der Waals surface area contributed by atoms with Gasteiger partial charge in [-0.2, -0.15) is 0 Å². The first-order valence-corrected chi connectivity index (χ1v) is 6.90. The lowest BCUT2D eigenvalue weighted by Gasteiger charge is -2.44. The number of anilines is 1. The number of amides is 1. The molecule has 0 bridgehead atoms. The number of benzene rings is 1. The molecule has 1 heterocycles. The van der Waals surface area contributed by atoms with Crippen LogP contribution >= 0.6 is 0 Å². The predicted octanol–water partition coefficient (Wildman–Crippen LogP) is 2.40. The SMILES string of the molecule is COC(=O)N1C(C)CN(c2ccc([N+](=O)[O-])cc2F)CC1C. The van der Waals surface area contributed by atoms with Crippen LogP contribution in [0.2, 0.25) is 0 Å². The molecule has 22 heavy (non-hydrogen) atoms. The van der Waals surface area contributed by atoms with Crippen LogP contribution in [0.4, 0.5) is 20.6 Å². The fraction of sp³-hybridized carbons (Fsp3) is 0.500. The minimum absolute atomic E-state index is 0.161. The molecule has 1 aliphatic rings. The molecule has 1 saturated heterocycles. The number of carbonyl (C=O) groups is 1. The van der Waals surface area contributed by atoms with Crippen molar-refractivity contribution in [2.24, 2.45) is 0 Å². The third-order valence-electron chi connectivity index (χ3n) is 3.79. The van der Waals surface area contributed by atoms with Crippen LogP contribution in [0, 0.1) is 15.9 Å². The molecular formula is C14H18FN3O4. The van der Waals surface area contributed by atoms with Crippen molar-refractivity contribution in [3.63, 3.8) is 0 Å². The van der Waals surface area contributed by atoms with Gasteiger partial charge in [0.15, 0.2) is 5.82 Å². The molecule has 1 amide bonds. The Balaban J connectivity index is 2.22. The Morgan fingerprint density at radius 1 is 1.36 bits per heavy atom. The minimum atomic E-state index is -0.639. The highest BCUT2D eigenvalue weighted by Gasteiger charge is 2.34. The number of non-ortho nitro benzene ring substituents is 1. The molecule has 0 saturated carbocycles. The summed E-state index contributed by atoms with van der Waals surface area (Å²) < 4.78 is 18.9. The van der Waals surface area contributed by atoms with Gasteiger partial charge >= 0.3 is 6.09 Å². The van der Waals surface area contributed by atoms with E-state index in [0.717, 1.165) is 6.07 Å². The monoisotopic (exact) mass is 311 g/mol. The van der Waals surface area contributed by atoms with Crippen LogP contribution in [0.25, 0.3) is 0 Å². The quantitative estimate of drug-likeness (QED) is 0.619. The minimum Gasteiger partial charge on any atom is -0.453 e. The van der Waals surface area contributed by atoms with Crippen LogP contribution < -0.4 is 4.90 Å². The van der Waals surface area contributed by atoms with Crippen molar-refractivity contribution in [3.8, 4) is 0 Å². The van der Waals surface area contributed by atoms with Gasteiger partial charge in [-0.25, -0.2) is 9.18 Å². The fourth-order valence-corrected chi connectivity index (χ4v) is 2.85. The average molecular weight is 311 g/mol. The predicted molar refractivity (Wildman–Crippen MR) is 78.4 cm³/mol. The Kier molecular flexibility index (Phi) is 4.48. The molecule has 0 aromatic heterocycles. The van der Waals surface area contributed by atoms with Crippen LogP contribution in [0.1, 0.15) is 13.8 Å². The van der Waals surface area contributed by atoms with Gasteiger partial charge in [0.2, 0.25) is 0 Å². The lowest BCUT2D eigenvalue weighted by molar-refractivity contribution is -0.385. The molecule has 2 rings (SSSR count). The molecule has 0 N–H and O–H groups in total.